The molecule has 1 N–H and O–H groups in total. The Morgan fingerprint density at radius 1 is 0.750 bits per heavy atom. The first-order valence-electron chi connectivity index (χ1n) is 7.15. The lowest BCUT2D eigenvalue weighted by Crippen LogP contribution is -2.11. The number of carbonyl (C=O) groups excluding carboxylic acids is 1. The van der Waals surface area contributed by atoms with Crippen LogP contribution >= 0.6 is 34.8 Å². The maximum atomic E-state index is 12.4. The third kappa shape index (κ3) is 3.90. The number of anilines is 1. The maximum Gasteiger partial charge on any atom is 0.255 e. The molecule has 0 aliphatic carbocycles. The number of carbonyl (C=O) groups is 1. The van der Waals surface area contributed by atoms with E-state index in [2.05, 4.69) is 5.32 Å². The molecule has 3 aromatic carbocycles. The Morgan fingerprint density at radius 2 is 1.33 bits per heavy atom. The number of nitrogens with one attached hydrogen (secondary N) is 1. The molecule has 0 saturated heterocycles. The zero-order chi connectivity index (χ0) is 17.1. The molecule has 3 rings (SSSR count). The number of hydrogen-bond donors (Lipinski definition) is 1. The second kappa shape index (κ2) is 7.27. The van der Waals surface area contributed by atoms with Crippen molar-refractivity contribution < 1.29 is 4.79 Å². The molecule has 1 amide bonds. The maximum absolute atomic E-state index is 12.4. The molecule has 0 atom stereocenters. The largest absolute Gasteiger partial charge is 0.322 e. The van der Waals surface area contributed by atoms with Crippen molar-refractivity contribution in [3.8, 4) is 11.1 Å². The van der Waals surface area contributed by atoms with Crippen LogP contribution in [0.25, 0.3) is 11.1 Å². The van der Waals surface area contributed by atoms with Gasteiger partial charge in [-0.2, -0.15) is 0 Å². The van der Waals surface area contributed by atoms with E-state index in [1.165, 1.54) is 0 Å². The molecule has 24 heavy (non-hydrogen) atoms. The summed E-state index contributed by atoms with van der Waals surface area (Å²) in [6.45, 7) is 0. The van der Waals surface area contributed by atoms with E-state index in [0.29, 0.717) is 26.3 Å². The fourth-order valence-corrected chi connectivity index (χ4v) is 2.73. The normalized spacial score (nSPS) is 10.5. The van der Waals surface area contributed by atoms with Gasteiger partial charge in [-0.3, -0.25) is 4.79 Å². The lowest BCUT2D eigenvalue weighted by molar-refractivity contribution is 0.102. The molecular formula is C19H12Cl3NO. The predicted octanol–water partition coefficient (Wildman–Crippen LogP) is 6.57. The molecule has 2 nitrogen and oxygen atoms in total. The highest BCUT2D eigenvalue weighted by Gasteiger charge is 2.11. The van der Waals surface area contributed by atoms with E-state index < -0.39 is 0 Å². The van der Waals surface area contributed by atoms with E-state index in [9.17, 15) is 4.79 Å². The van der Waals surface area contributed by atoms with Gasteiger partial charge in [-0.25, -0.2) is 0 Å². The highest BCUT2D eigenvalue weighted by Crippen LogP contribution is 2.30. The van der Waals surface area contributed by atoms with Gasteiger partial charge in [0.25, 0.3) is 5.91 Å². The van der Waals surface area contributed by atoms with E-state index >= 15 is 0 Å². The number of halogens is 3. The Labute approximate surface area is 155 Å². The van der Waals surface area contributed by atoms with E-state index in [1.54, 1.807) is 54.6 Å². The zero-order valence-corrected chi connectivity index (χ0v) is 14.7. The Morgan fingerprint density at radius 3 is 1.96 bits per heavy atom. The van der Waals surface area contributed by atoms with Crippen molar-refractivity contribution in [2.24, 2.45) is 0 Å². The third-order valence-electron chi connectivity index (χ3n) is 3.49. The first-order valence-corrected chi connectivity index (χ1v) is 8.29. The van der Waals surface area contributed by atoms with Gasteiger partial charge < -0.3 is 5.32 Å². The van der Waals surface area contributed by atoms with Gasteiger partial charge in [0.1, 0.15) is 0 Å². The smallest absolute Gasteiger partial charge is 0.255 e. The van der Waals surface area contributed by atoms with Gasteiger partial charge in [0, 0.05) is 31.9 Å². The van der Waals surface area contributed by atoms with Crippen molar-refractivity contribution in [2.45, 2.75) is 0 Å². The summed E-state index contributed by atoms with van der Waals surface area (Å²) in [6, 6.07) is 19.4. The predicted molar refractivity (Wildman–Crippen MR) is 101 cm³/mol. The van der Waals surface area contributed by atoms with Crippen molar-refractivity contribution in [2.75, 3.05) is 5.32 Å². The molecule has 0 aliphatic heterocycles. The molecule has 0 bridgehead atoms. The Kier molecular flexibility index (Phi) is 5.10. The summed E-state index contributed by atoms with van der Waals surface area (Å²) >= 11 is 18.0. The van der Waals surface area contributed by atoms with Crippen LogP contribution in [-0.2, 0) is 0 Å². The standard InChI is InChI=1S/C19H12Cl3NO/c20-14-4-1-12(2-5-14)17-11-13(3-10-18(17)22)19(24)23-16-8-6-15(21)7-9-16/h1-11H,(H,23,24). The van der Waals surface area contributed by atoms with Gasteiger partial charge >= 0.3 is 0 Å². The minimum absolute atomic E-state index is 0.218. The molecule has 0 heterocycles. The van der Waals surface area contributed by atoms with Gasteiger partial charge in [-0.1, -0.05) is 46.9 Å². The summed E-state index contributed by atoms with van der Waals surface area (Å²) in [5, 5.41) is 4.66. The van der Waals surface area contributed by atoms with Crippen LogP contribution in [0.15, 0.2) is 66.7 Å². The SMILES string of the molecule is O=C(Nc1ccc(Cl)cc1)c1ccc(Cl)c(-c2ccc(Cl)cc2)c1. The van der Waals surface area contributed by atoms with Crippen LogP contribution in [0.1, 0.15) is 10.4 Å². The molecule has 0 fully saturated rings. The summed E-state index contributed by atoms with van der Waals surface area (Å²) in [4.78, 5) is 12.4. The average molecular weight is 377 g/mol. The van der Waals surface area contributed by atoms with Gasteiger partial charge in [0.15, 0.2) is 0 Å². The molecule has 0 spiro atoms. The molecule has 0 radical (unpaired) electrons. The fourth-order valence-electron chi connectivity index (χ4n) is 2.25. The van der Waals surface area contributed by atoms with Crippen molar-refractivity contribution in [3.05, 3.63) is 87.4 Å². The summed E-state index contributed by atoms with van der Waals surface area (Å²) in [5.74, 6) is -0.218. The number of amides is 1. The number of benzene rings is 3. The second-order valence-corrected chi connectivity index (χ2v) is 6.44. The highest BCUT2D eigenvalue weighted by atomic mass is 35.5. The molecule has 0 aromatic heterocycles. The summed E-state index contributed by atoms with van der Waals surface area (Å²) in [6.07, 6.45) is 0. The van der Waals surface area contributed by atoms with Crippen LogP contribution in [0.4, 0.5) is 5.69 Å². The fraction of sp³-hybridized carbons (Fsp3) is 0. The van der Waals surface area contributed by atoms with Gasteiger partial charge in [-0.15, -0.1) is 0 Å². The zero-order valence-electron chi connectivity index (χ0n) is 12.4. The number of hydrogen-bond acceptors (Lipinski definition) is 1. The summed E-state index contributed by atoms with van der Waals surface area (Å²) < 4.78 is 0. The van der Waals surface area contributed by atoms with Crippen LogP contribution in [0, 0.1) is 0 Å². The van der Waals surface area contributed by atoms with Gasteiger partial charge in [0.05, 0.1) is 0 Å². The van der Waals surface area contributed by atoms with Crippen LogP contribution in [0.3, 0.4) is 0 Å². The Balaban J connectivity index is 1.88. The highest BCUT2D eigenvalue weighted by molar-refractivity contribution is 6.33. The quantitative estimate of drug-likeness (QED) is 0.550. The molecular weight excluding hydrogens is 365 g/mol. The second-order valence-electron chi connectivity index (χ2n) is 5.16. The van der Waals surface area contributed by atoms with Gasteiger partial charge in [-0.05, 0) is 60.2 Å². The van der Waals surface area contributed by atoms with Crippen LogP contribution in [0.5, 0.6) is 0 Å². The van der Waals surface area contributed by atoms with E-state index in [4.69, 9.17) is 34.8 Å². The summed E-state index contributed by atoms with van der Waals surface area (Å²) in [5.41, 5.74) is 2.86. The monoisotopic (exact) mass is 375 g/mol. The van der Waals surface area contributed by atoms with E-state index in [1.807, 2.05) is 12.1 Å². The van der Waals surface area contributed by atoms with Crippen LogP contribution in [-0.4, -0.2) is 5.91 Å². The first-order chi connectivity index (χ1) is 11.5. The first kappa shape index (κ1) is 16.8. The topological polar surface area (TPSA) is 29.1 Å². The molecule has 0 aliphatic rings. The average Bonchev–Trinajstić information content (AvgIpc) is 2.58. The molecule has 0 unspecified atom stereocenters. The summed E-state index contributed by atoms with van der Waals surface area (Å²) in [7, 11) is 0. The van der Waals surface area contributed by atoms with E-state index in [-0.39, 0.29) is 5.91 Å². The lowest BCUT2D eigenvalue weighted by atomic mass is 10.0. The van der Waals surface area contributed by atoms with Crippen molar-refractivity contribution in [1.29, 1.82) is 0 Å². The van der Waals surface area contributed by atoms with Crippen molar-refractivity contribution in [1.82, 2.24) is 0 Å². The van der Waals surface area contributed by atoms with Crippen LogP contribution < -0.4 is 5.32 Å². The molecule has 5 heteroatoms. The molecule has 0 saturated carbocycles. The third-order valence-corrected chi connectivity index (χ3v) is 4.32. The van der Waals surface area contributed by atoms with Crippen molar-refractivity contribution in [3.63, 3.8) is 0 Å². The minimum Gasteiger partial charge on any atom is -0.322 e. The number of rotatable bonds is 3. The van der Waals surface area contributed by atoms with E-state index in [0.717, 1.165) is 11.1 Å². The minimum atomic E-state index is -0.218. The van der Waals surface area contributed by atoms with Gasteiger partial charge in [0.2, 0.25) is 0 Å². The van der Waals surface area contributed by atoms with Crippen molar-refractivity contribution >= 4 is 46.4 Å². The Bertz CT molecular complexity index is 874. The van der Waals surface area contributed by atoms with Crippen LogP contribution in [0.2, 0.25) is 15.1 Å². The molecule has 3 aromatic rings. The lowest BCUT2D eigenvalue weighted by Gasteiger charge is -2.09. The molecule has 120 valence electrons. The Hall–Kier alpha value is -2.00.